The van der Waals surface area contributed by atoms with Crippen LogP contribution in [-0.2, 0) is 6.54 Å². The quantitative estimate of drug-likeness (QED) is 0.692. The lowest BCUT2D eigenvalue weighted by Gasteiger charge is -2.04. The molecule has 9 heteroatoms. The van der Waals surface area contributed by atoms with Gasteiger partial charge in [0.15, 0.2) is 10.4 Å². The van der Waals surface area contributed by atoms with Crippen LogP contribution in [0.3, 0.4) is 0 Å². The van der Waals surface area contributed by atoms with Crippen molar-refractivity contribution in [3.05, 3.63) is 51.7 Å². The van der Waals surface area contributed by atoms with Gasteiger partial charge in [-0.25, -0.2) is 4.79 Å². The molecule has 0 spiro atoms. The molecule has 0 aliphatic carbocycles. The predicted octanol–water partition coefficient (Wildman–Crippen LogP) is 4.07. The number of benzene rings is 1. The SMILES string of the molecule is O=C(NCc1ccc(Cl)cc1)Nc1nnc(-c2ccc(Br)o2)o1. The van der Waals surface area contributed by atoms with Crippen molar-refractivity contribution in [3.8, 4) is 11.7 Å². The van der Waals surface area contributed by atoms with Crippen molar-refractivity contribution in [2.45, 2.75) is 6.54 Å². The van der Waals surface area contributed by atoms with Crippen LogP contribution in [0.4, 0.5) is 10.8 Å². The molecule has 1 aromatic carbocycles. The second-order valence-electron chi connectivity index (χ2n) is 4.45. The molecule has 0 atom stereocenters. The highest BCUT2D eigenvalue weighted by Gasteiger charge is 2.13. The summed E-state index contributed by atoms with van der Waals surface area (Å²) in [4.78, 5) is 11.8. The van der Waals surface area contributed by atoms with Crippen LogP contribution in [0, 0.1) is 0 Å². The minimum absolute atomic E-state index is 0.0267. The van der Waals surface area contributed by atoms with Crippen LogP contribution in [-0.4, -0.2) is 16.2 Å². The molecule has 0 fully saturated rings. The Morgan fingerprint density at radius 2 is 1.91 bits per heavy atom. The molecule has 0 radical (unpaired) electrons. The molecular weight excluding hydrogens is 388 g/mol. The number of nitrogens with one attached hydrogen (secondary N) is 2. The van der Waals surface area contributed by atoms with Gasteiger partial charge >= 0.3 is 12.0 Å². The van der Waals surface area contributed by atoms with Gasteiger partial charge in [0, 0.05) is 11.6 Å². The summed E-state index contributed by atoms with van der Waals surface area (Å²) in [6.07, 6.45) is 0. The van der Waals surface area contributed by atoms with Crippen LogP contribution >= 0.6 is 27.5 Å². The first-order valence-corrected chi connectivity index (χ1v) is 7.66. The molecule has 3 rings (SSSR count). The molecule has 0 aliphatic rings. The predicted molar refractivity (Wildman–Crippen MR) is 87.0 cm³/mol. The Labute approximate surface area is 144 Å². The van der Waals surface area contributed by atoms with Gasteiger partial charge in [-0.15, -0.1) is 5.10 Å². The molecule has 0 aliphatic heterocycles. The maximum atomic E-state index is 11.8. The van der Waals surface area contributed by atoms with E-state index in [2.05, 4.69) is 36.8 Å². The number of amides is 2. The number of halogens is 2. The molecule has 7 nitrogen and oxygen atoms in total. The summed E-state index contributed by atoms with van der Waals surface area (Å²) in [5.74, 6) is 0.572. The number of carbonyl (C=O) groups excluding carboxylic acids is 1. The van der Waals surface area contributed by atoms with Gasteiger partial charge in [0.25, 0.3) is 5.89 Å². The van der Waals surface area contributed by atoms with Crippen molar-refractivity contribution in [2.24, 2.45) is 0 Å². The zero-order chi connectivity index (χ0) is 16.2. The number of anilines is 1. The number of hydrogen-bond acceptors (Lipinski definition) is 5. The lowest BCUT2D eigenvalue weighted by atomic mass is 10.2. The molecule has 0 saturated carbocycles. The van der Waals surface area contributed by atoms with E-state index < -0.39 is 6.03 Å². The second-order valence-corrected chi connectivity index (χ2v) is 5.67. The van der Waals surface area contributed by atoms with Gasteiger partial charge in [-0.05, 0) is 45.8 Å². The summed E-state index contributed by atoms with van der Waals surface area (Å²) in [6, 6.07) is 10.0. The molecule has 2 heterocycles. The molecule has 118 valence electrons. The summed E-state index contributed by atoms with van der Waals surface area (Å²) in [5.41, 5.74) is 0.913. The zero-order valence-corrected chi connectivity index (χ0v) is 13.9. The van der Waals surface area contributed by atoms with E-state index in [1.807, 2.05) is 12.1 Å². The molecular formula is C14H10BrClN4O3. The number of urea groups is 1. The Bertz CT molecular complexity index is 816. The highest BCUT2D eigenvalue weighted by atomic mass is 79.9. The van der Waals surface area contributed by atoms with E-state index >= 15 is 0 Å². The Morgan fingerprint density at radius 3 is 2.61 bits per heavy atom. The Kier molecular flexibility index (Phi) is 4.63. The standard InChI is InChI=1S/C14H10BrClN4O3/c15-11-6-5-10(22-11)12-19-20-14(23-12)18-13(21)17-7-8-1-3-9(16)4-2-8/h1-6H,7H2,(H2,17,18,20,21). The normalized spacial score (nSPS) is 10.5. The third-order valence-corrected chi connectivity index (χ3v) is 3.47. The second kappa shape index (κ2) is 6.84. The summed E-state index contributed by atoms with van der Waals surface area (Å²) in [6.45, 7) is 0.342. The first-order chi connectivity index (χ1) is 11.1. The molecule has 0 saturated heterocycles. The number of rotatable bonds is 4. The first-order valence-electron chi connectivity index (χ1n) is 6.48. The number of furan rings is 1. The van der Waals surface area contributed by atoms with Crippen molar-refractivity contribution in [1.29, 1.82) is 0 Å². The molecule has 3 aromatic rings. The maximum Gasteiger partial charge on any atom is 0.324 e. The summed E-state index contributed by atoms with van der Waals surface area (Å²) in [5, 5.41) is 13.3. The van der Waals surface area contributed by atoms with Gasteiger partial charge in [-0.3, -0.25) is 5.32 Å². The van der Waals surface area contributed by atoms with Crippen LogP contribution < -0.4 is 10.6 Å². The summed E-state index contributed by atoms with van der Waals surface area (Å²) in [7, 11) is 0. The largest absolute Gasteiger partial charge is 0.444 e. The summed E-state index contributed by atoms with van der Waals surface area (Å²) >= 11 is 8.98. The van der Waals surface area contributed by atoms with Crippen LogP contribution in [0.15, 0.2) is 49.9 Å². The average Bonchev–Trinajstić information content (AvgIpc) is 3.16. The van der Waals surface area contributed by atoms with Crippen molar-refractivity contribution in [1.82, 2.24) is 15.5 Å². The van der Waals surface area contributed by atoms with E-state index in [1.165, 1.54) is 0 Å². The topological polar surface area (TPSA) is 93.2 Å². The van der Waals surface area contributed by atoms with Crippen molar-refractivity contribution >= 4 is 39.6 Å². The minimum Gasteiger partial charge on any atom is -0.444 e. The van der Waals surface area contributed by atoms with Crippen molar-refractivity contribution in [2.75, 3.05) is 5.32 Å². The van der Waals surface area contributed by atoms with Gasteiger partial charge < -0.3 is 14.2 Å². The zero-order valence-electron chi connectivity index (χ0n) is 11.5. The van der Waals surface area contributed by atoms with Crippen LogP contribution in [0.2, 0.25) is 5.02 Å². The van der Waals surface area contributed by atoms with E-state index in [1.54, 1.807) is 24.3 Å². The van der Waals surface area contributed by atoms with Gasteiger partial charge in [0.05, 0.1) is 0 Å². The van der Waals surface area contributed by atoms with Gasteiger partial charge in [-0.1, -0.05) is 28.8 Å². The molecule has 2 amide bonds. The maximum absolute atomic E-state index is 11.8. The number of carbonyl (C=O) groups is 1. The Balaban J connectivity index is 1.56. The highest BCUT2D eigenvalue weighted by molar-refractivity contribution is 9.10. The number of nitrogens with zero attached hydrogens (tertiary/aromatic N) is 2. The molecule has 0 bridgehead atoms. The van der Waals surface area contributed by atoms with Gasteiger partial charge in [-0.2, -0.15) is 0 Å². The summed E-state index contributed by atoms with van der Waals surface area (Å²) < 4.78 is 11.1. The highest BCUT2D eigenvalue weighted by Crippen LogP contribution is 2.24. The van der Waals surface area contributed by atoms with E-state index in [9.17, 15) is 4.79 Å². The Hall–Kier alpha value is -2.32. The number of aromatic nitrogens is 2. The minimum atomic E-state index is -0.462. The third-order valence-electron chi connectivity index (χ3n) is 2.80. The van der Waals surface area contributed by atoms with Crippen molar-refractivity contribution < 1.29 is 13.6 Å². The fraction of sp³-hybridized carbons (Fsp3) is 0.0714. The fourth-order valence-corrected chi connectivity index (χ4v) is 2.16. The van der Waals surface area contributed by atoms with Gasteiger partial charge in [0.2, 0.25) is 0 Å². The van der Waals surface area contributed by atoms with E-state index in [0.717, 1.165) is 5.56 Å². The number of hydrogen-bond donors (Lipinski definition) is 2. The average molecular weight is 398 g/mol. The lowest BCUT2D eigenvalue weighted by Crippen LogP contribution is -2.28. The van der Waals surface area contributed by atoms with Crippen molar-refractivity contribution in [3.63, 3.8) is 0 Å². The fourth-order valence-electron chi connectivity index (χ4n) is 1.73. The van der Waals surface area contributed by atoms with E-state index in [4.69, 9.17) is 20.4 Å². The molecule has 2 N–H and O–H groups in total. The van der Waals surface area contributed by atoms with E-state index in [0.29, 0.717) is 22.0 Å². The molecule has 2 aromatic heterocycles. The van der Waals surface area contributed by atoms with Gasteiger partial charge in [0.1, 0.15) is 0 Å². The monoisotopic (exact) mass is 396 g/mol. The molecule has 23 heavy (non-hydrogen) atoms. The smallest absolute Gasteiger partial charge is 0.324 e. The first kappa shape index (κ1) is 15.6. The van der Waals surface area contributed by atoms with Crippen LogP contribution in [0.25, 0.3) is 11.7 Å². The van der Waals surface area contributed by atoms with Crippen LogP contribution in [0.5, 0.6) is 0 Å². The van der Waals surface area contributed by atoms with Crippen LogP contribution in [0.1, 0.15) is 5.56 Å². The lowest BCUT2D eigenvalue weighted by molar-refractivity contribution is 0.251. The van der Waals surface area contributed by atoms with E-state index in [-0.39, 0.29) is 11.9 Å². The Morgan fingerprint density at radius 1 is 1.13 bits per heavy atom. The third kappa shape index (κ3) is 4.11. The molecule has 0 unspecified atom stereocenters.